The second-order valence-electron chi connectivity index (χ2n) is 5.45. The number of benzene rings is 1. The zero-order valence-corrected chi connectivity index (χ0v) is 13.4. The molecule has 0 bridgehead atoms. The van der Waals surface area contributed by atoms with E-state index in [4.69, 9.17) is 0 Å². The molecule has 0 radical (unpaired) electrons. The van der Waals surface area contributed by atoms with E-state index in [0.717, 1.165) is 30.1 Å². The molecule has 0 spiro atoms. The van der Waals surface area contributed by atoms with Crippen LogP contribution in [-0.2, 0) is 19.5 Å². The van der Waals surface area contributed by atoms with Crippen LogP contribution in [0.15, 0.2) is 24.3 Å². The Hall–Kier alpha value is -2.32. The topological polar surface area (TPSA) is 88.4 Å². The standard InChI is InChI=1S/C15H16N4O3S/c1-18-7-6-11-13(9-18)23-15(17-11)14(20)16-8-10-4-2-3-5-12(10)19(21)22/h2-5H,6-9H2,1H3,(H,16,20). The maximum Gasteiger partial charge on any atom is 0.280 e. The molecule has 0 aliphatic carbocycles. The normalized spacial score (nSPS) is 14.3. The Morgan fingerprint density at radius 3 is 3.04 bits per heavy atom. The minimum absolute atomic E-state index is 0.00728. The second-order valence-corrected chi connectivity index (χ2v) is 6.53. The zero-order chi connectivity index (χ0) is 16.4. The van der Waals surface area contributed by atoms with Gasteiger partial charge in [0.2, 0.25) is 0 Å². The Morgan fingerprint density at radius 1 is 1.48 bits per heavy atom. The number of nitro groups is 1. The third-order valence-electron chi connectivity index (χ3n) is 3.74. The van der Waals surface area contributed by atoms with E-state index in [-0.39, 0.29) is 18.1 Å². The van der Waals surface area contributed by atoms with Crippen LogP contribution < -0.4 is 5.32 Å². The molecule has 0 fully saturated rings. The minimum Gasteiger partial charge on any atom is -0.346 e. The molecule has 120 valence electrons. The zero-order valence-electron chi connectivity index (χ0n) is 12.6. The number of thiazole rings is 1. The Balaban J connectivity index is 1.70. The third kappa shape index (κ3) is 3.38. The monoisotopic (exact) mass is 332 g/mol. The molecule has 1 amide bonds. The quantitative estimate of drug-likeness (QED) is 0.683. The van der Waals surface area contributed by atoms with Crippen LogP contribution >= 0.6 is 11.3 Å². The van der Waals surface area contributed by atoms with E-state index in [9.17, 15) is 14.9 Å². The smallest absolute Gasteiger partial charge is 0.280 e. The summed E-state index contributed by atoms with van der Waals surface area (Å²) in [4.78, 5) is 30.5. The van der Waals surface area contributed by atoms with E-state index in [1.54, 1.807) is 18.2 Å². The van der Waals surface area contributed by atoms with Gasteiger partial charge in [0.15, 0.2) is 5.01 Å². The van der Waals surface area contributed by atoms with E-state index in [1.807, 2.05) is 7.05 Å². The fraction of sp³-hybridized carbons (Fsp3) is 0.333. The van der Waals surface area contributed by atoms with Crippen molar-refractivity contribution in [2.45, 2.75) is 19.5 Å². The maximum absolute atomic E-state index is 12.3. The van der Waals surface area contributed by atoms with Gasteiger partial charge < -0.3 is 10.2 Å². The Morgan fingerprint density at radius 2 is 2.26 bits per heavy atom. The SMILES string of the molecule is CN1CCc2nc(C(=O)NCc3ccccc3[N+](=O)[O-])sc2C1. The maximum atomic E-state index is 12.3. The lowest BCUT2D eigenvalue weighted by Crippen LogP contribution is -2.25. The molecule has 1 aromatic heterocycles. The summed E-state index contributed by atoms with van der Waals surface area (Å²) in [6.45, 7) is 1.86. The number of fused-ring (bicyclic) bond motifs is 1. The second kappa shape index (κ2) is 6.43. The van der Waals surface area contributed by atoms with Crippen molar-refractivity contribution in [3.8, 4) is 0 Å². The highest BCUT2D eigenvalue weighted by Crippen LogP contribution is 2.24. The van der Waals surface area contributed by atoms with Gasteiger partial charge in [0.1, 0.15) is 0 Å². The van der Waals surface area contributed by atoms with E-state index < -0.39 is 4.92 Å². The van der Waals surface area contributed by atoms with Crippen molar-refractivity contribution in [1.82, 2.24) is 15.2 Å². The number of amides is 1. The van der Waals surface area contributed by atoms with Gasteiger partial charge in [0.25, 0.3) is 11.6 Å². The lowest BCUT2D eigenvalue weighted by Gasteiger charge is -2.20. The molecule has 1 N–H and O–H groups in total. The number of hydrogen-bond acceptors (Lipinski definition) is 6. The molecule has 0 atom stereocenters. The number of nitro benzene ring substituents is 1. The van der Waals surface area contributed by atoms with Gasteiger partial charge in [-0.25, -0.2) is 4.98 Å². The van der Waals surface area contributed by atoms with Gasteiger partial charge in [-0.3, -0.25) is 14.9 Å². The largest absolute Gasteiger partial charge is 0.346 e. The first-order valence-electron chi connectivity index (χ1n) is 7.22. The average molecular weight is 332 g/mol. The fourth-order valence-electron chi connectivity index (χ4n) is 2.51. The molecule has 0 saturated heterocycles. The summed E-state index contributed by atoms with van der Waals surface area (Å²) in [5, 5.41) is 14.1. The molecule has 1 aromatic carbocycles. The first-order valence-corrected chi connectivity index (χ1v) is 8.04. The fourth-order valence-corrected chi connectivity index (χ4v) is 3.61. The molecule has 1 aliphatic heterocycles. The summed E-state index contributed by atoms with van der Waals surface area (Å²) < 4.78 is 0. The lowest BCUT2D eigenvalue weighted by molar-refractivity contribution is -0.385. The molecular formula is C15H16N4O3S. The van der Waals surface area contributed by atoms with Crippen LogP contribution in [0.2, 0.25) is 0 Å². The van der Waals surface area contributed by atoms with Crippen LogP contribution in [0.1, 0.15) is 25.9 Å². The van der Waals surface area contributed by atoms with Crippen LogP contribution in [-0.4, -0.2) is 34.3 Å². The minimum atomic E-state index is -0.445. The number of carbonyl (C=O) groups is 1. The number of likely N-dealkylation sites (N-methyl/N-ethyl adjacent to an activating group) is 1. The predicted molar refractivity (Wildman–Crippen MR) is 86.4 cm³/mol. The van der Waals surface area contributed by atoms with E-state index in [2.05, 4.69) is 15.2 Å². The van der Waals surface area contributed by atoms with E-state index >= 15 is 0 Å². The highest BCUT2D eigenvalue weighted by Gasteiger charge is 2.21. The average Bonchev–Trinajstić information content (AvgIpc) is 2.95. The number of carbonyl (C=O) groups excluding carboxylic acids is 1. The van der Waals surface area contributed by atoms with Gasteiger partial charge in [0.05, 0.1) is 10.6 Å². The van der Waals surface area contributed by atoms with Gasteiger partial charge in [-0.1, -0.05) is 18.2 Å². The summed E-state index contributed by atoms with van der Waals surface area (Å²) in [5.74, 6) is -0.287. The molecule has 1 aliphatic rings. The Labute approximate surface area is 137 Å². The first kappa shape index (κ1) is 15.6. The van der Waals surface area contributed by atoms with Crippen LogP contribution in [0.5, 0.6) is 0 Å². The van der Waals surface area contributed by atoms with Crippen LogP contribution in [0.3, 0.4) is 0 Å². The first-order chi connectivity index (χ1) is 11.0. The lowest BCUT2D eigenvalue weighted by atomic mass is 10.2. The molecule has 7 nitrogen and oxygen atoms in total. The van der Waals surface area contributed by atoms with Gasteiger partial charge in [-0.05, 0) is 7.05 Å². The summed E-state index contributed by atoms with van der Waals surface area (Å²) in [7, 11) is 2.04. The highest BCUT2D eigenvalue weighted by atomic mass is 32.1. The Bertz CT molecular complexity index is 759. The van der Waals surface area contributed by atoms with E-state index in [0.29, 0.717) is 10.6 Å². The number of aromatic nitrogens is 1. The van der Waals surface area contributed by atoms with Crippen molar-refractivity contribution < 1.29 is 9.72 Å². The number of para-hydroxylation sites is 1. The predicted octanol–water partition coefficient (Wildman–Crippen LogP) is 1.97. The molecule has 2 aromatic rings. The van der Waals surface area contributed by atoms with E-state index in [1.165, 1.54) is 17.4 Å². The molecule has 0 saturated carbocycles. The molecular weight excluding hydrogens is 316 g/mol. The molecule has 2 heterocycles. The van der Waals surface area contributed by atoms with Gasteiger partial charge in [-0.2, -0.15) is 0 Å². The van der Waals surface area contributed by atoms with Gasteiger partial charge in [0, 0.05) is 42.6 Å². The van der Waals surface area contributed by atoms with Crippen molar-refractivity contribution in [3.63, 3.8) is 0 Å². The highest BCUT2D eigenvalue weighted by molar-refractivity contribution is 7.13. The van der Waals surface area contributed by atoms with Crippen LogP contribution in [0.25, 0.3) is 0 Å². The van der Waals surface area contributed by atoms with Gasteiger partial charge in [-0.15, -0.1) is 11.3 Å². The van der Waals surface area contributed by atoms with Gasteiger partial charge >= 0.3 is 0 Å². The number of hydrogen-bond donors (Lipinski definition) is 1. The summed E-state index contributed by atoms with van der Waals surface area (Å²) in [6, 6.07) is 6.39. The summed E-state index contributed by atoms with van der Waals surface area (Å²) >= 11 is 1.39. The molecule has 23 heavy (non-hydrogen) atoms. The van der Waals surface area contributed by atoms with Crippen molar-refractivity contribution in [2.75, 3.05) is 13.6 Å². The van der Waals surface area contributed by atoms with Crippen molar-refractivity contribution in [3.05, 3.63) is 55.5 Å². The molecule has 0 unspecified atom stereocenters. The number of nitrogens with one attached hydrogen (secondary N) is 1. The van der Waals surface area contributed by atoms with Crippen molar-refractivity contribution in [2.24, 2.45) is 0 Å². The Kier molecular flexibility index (Phi) is 4.35. The number of rotatable bonds is 4. The van der Waals surface area contributed by atoms with Crippen molar-refractivity contribution >= 4 is 22.9 Å². The third-order valence-corrected chi connectivity index (χ3v) is 4.83. The summed E-state index contributed by atoms with van der Waals surface area (Å²) in [5.41, 5.74) is 1.48. The van der Waals surface area contributed by atoms with Crippen molar-refractivity contribution in [1.29, 1.82) is 0 Å². The van der Waals surface area contributed by atoms with Crippen LogP contribution in [0.4, 0.5) is 5.69 Å². The van der Waals surface area contributed by atoms with Crippen LogP contribution in [0, 0.1) is 10.1 Å². The molecule has 8 heteroatoms. The number of nitrogens with zero attached hydrogens (tertiary/aromatic N) is 3. The summed E-state index contributed by atoms with van der Waals surface area (Å²) in [6.07, 6.45) is 0.847. The molecule has 3 rings (SSSR count).